The van der Waals surface area contributed by atoms with Gasteiger partial charge in [-0.3, -0.25) is 19.1 Å². The van der Waals surface area contributed by atoms with Gasteiger partial charge in [-0.15, -0.1) is 0 Å². The number of hydrogen-bond donors (Lipinski definition) is 1. The highest BCUT2D eigenvalue weighted by atomic mass is 32.1. The molecule has 140 valence electrons. The smallest absolute Gasteiger partial charge is 0.329 e. The molecule has 1 saturated heterocycles. The molecule has 0 unspecified atom stereocenters. The summed E-state index contributed by atoms with van der Waals surface area (Å²) in [5, 5.41) is 4.61. The van der Waals surface area contributed by atoms with E-state index < -0.39 is 11.2 Å². The first-order chi connectivity index (χ1) is 13.1. The second-order valence-electron chi connectivity index (χ2n) is 6.66. The molecule has 4 rings (SSSR count). The van der Waals surface area contributed by atoms with Crippen LogP contribution in [-0.4, -0.2) is 51.4 Å². The van der Waals surface area contributed by atoms with E-state index in [-0.39, 0.29) is 12.5 Å². The van der Waals surface area contributed by atoms with Crippen LogP contribution in [0.3, 0.4) is 0 Å². The van der Waals surface area contributed by atoms with Crippen molar-refractivity contribution in [1.82, 2.24) is 19.4 Å². The number of aromatic nitrogens is 2. The van der Waals surface area contributed by atoms with Gasteiger partial charge in [0.15, 0.2) is 0 Å². The Morgan fingerprint density at radius 3 is 2.59 bits per heavy atom. The van der Waals surface area contributed by atoms with Crippen LogP contribution in [0, 0.1) is 0 Å². The molecule has 1 aliphatic rings. The molecule has 2 aromatic heterocycles. The summed E-state index contributed by atoms with van der Waals surface area (Å²) in [6.45, 7) is 3.42. The third-order valence-electron chi connectivity index (χ3n) is 4.89. The molecule has 3 heterocycles. The van der Waals surface area contributed by atoms with Gasteiger partial charge in [-0.2, -0.15) is 11.3 Å². The van der Waals surface area contributed by atoms with Crippen LogP contribution >= 0.6 is 11.3 Å². The number of H-pyrrole nitrogens is 1. The van der Waals surface area contributed by atoms with E-state index in [2.05, 4.69) is 26.7 Å². The van der Waals surface area contributed by atoms with Gasteiger partial charge < -0.3 is 9.88 Å². The standard InChI is InChI=1S/C19H20N4O3S/c24-17(22-8-6-21(7-9-22)11-14-5-10-27-13-14)12-23-18(25)15-3-1-2-4-16(15)20-19(23)26/h1-5,10,13H,6-9,11-12H2,(H,20,26). The van der Waals surface area contributed by atoms with E-state index in [1.165, 1.54) is 5.56 Å². The molecule has 27 heavy (non-hydrogen) atoms. The van der Waals surface area contributed by atoms with Crippen LogP contribution in [0.25, 0.3) is 10.9 Å². The summed E-state index contributed by atoms with van der Waals surface area (Å²) in [4.78, 5) is 44.1. The van der Waals surface area contributed by atoms with Crippen molar-refractivity contribution >= 4 is 28.1 Å². The summed E-state index contributed by atoms with van der Waals surface area (Å²) >= 11 is 1.68. The van der Waals surface area contributed by atoms with Crippen LogP contribution in [0.2, 0.25) is 0 Å². The van der Waals surface area contributed by atoms with Gasteiger partial charge in [0.1, 0.15) is 6.54 Å². The number of thiophene rings is 1. The molecule has 7 nitrogen and oxygen atoms in total. The summed E-state index contributed by atoms with van der Waals surface area (Å²) in [6, 6.07) is 8.93. The van der Waals surface area contributed by atoms with Gasteiger partial charge >= 0.3 is 5.69 Å². The molecule has 1 aromatic carbocycles. The van der Waals surface area contributed by atoms with Crippen molar-refractivity contribution in [2.45, 2.75) is 13.1 Å². The molecule has 0 spiro atoms. The maximum absolute atomic E-state index is 12.6. The number of piperazine rings is 1. The van der Waals surface area contributed by atoms with Crippen molar-refractivity contribution in [1.29, 1.82) is 0 Å². The van der Waals surface area contributed by atoms with Crippen molar-refractivity contribution in [2.75, 3.05) is 26.2 Å². The number of nitrogens with zero attached hydrogens (tertiary/aromatic N) is 3. The highest BCUT2D eigenvalue weighted by molar-refractivity contribution is 7.07. The van der Waals surface area contributed by atoms with Gasteiger partial charge in [0.25, 0.3) is 5.56 Å². The number of amides is 1. The van der Waals surface area contributed by atoms with Crippen LogP contribution in [-0.2, 0) is 17.9 Å². The first-order valence-corrected chi connectivity index (χ1v) is 9.79. The zero-order valence-corrected chi connectivity index (χ0v) is 15.6. The summed E-state index contributed by atoms with van der Waals surface area (Å²) < 4.78 is 0.988. The van der Waals surface area contributed by atoms with Gasteiger partial charge in [0.2, 0.25) is 5.91 Å². The van der Waals surface area contributed by atoms with Crippen molar-refractivity contribution in [3.63, 3.8) is 0 Å². The molecule has 3 aromatic rings. The van der Waals surface area contributed by atoms with E-state index in [0.29, 0.717) is 24.0 Å². The van der Waals surface area contributed by atoms with Gasteiger partial charge in [0, 0.05) is 32.7 Å². The Morgan fingerprint density at radius 1 is 1.07 bits per heavy atom. The lowest BCUT2D eigenvalue weighted by Crippen LogP contribution is -2.50. The number of hydrogen-bond acceptors (Lipinski definition) is 5. The summed E-state index contributed by atoms with van der Waals surface area (Å²) in [6.07, 6.45) is 0. The molecular weight excluding hydrogens is 364 g/mol. The first-order valence-electron chi connectivity index (χ1n) is 8.85. The molecule has 0 atom stereocenters. The van der Waals surface area contributed by atoms with Gasteiger partial charge in [-0.05, 0) is 34.5 Å². The predicted molar refractivity (Wildman–Crippen MR) is 105 cm³/mol. The van der Waals surface area contributed by atoms with E-state index in [9.17, 15) is 14.4 Å². The maximum Gasteiger partial charge on any atom is 0.329 e. The number of carbonyl (C=O) groups is 1. The average Bonchev–Trinajstić information content (AvgIpc) is 3.18. The minimum absolute atomic E-state index is 0.201. The molecule has 0 saturated carbocycles. The molecule has 1 aliphatic heterocycles. The molecule has 0 bridgehead atoms. The predicted octanol–water partition coefficient (Wildman–Crippen LogP) is 1.10. The third kappa shape index (κ3) is 3.72. The Bertz CT molecular complexity index is 1060. The second kappa shape index (κ2) is 7.50. The van der Waals surface area contributed by atoms with E-state index in [1.807, 2.05) is 0 Å². The Labute approximate surface area is 159 Å². The minimum Gasteiger partial charge on any atom is -0.339 e. The van der Waals surface area contributed by atoms with Crippen molar-refractivity contribution in [2.24, 2.45) is 0 Å². The maximum atomic E-state index is 12.6. The molecule has 1 amide bonds. The zero-order chi connectivity index (χ0) is 18.8. The largest absolute Gasteiger partial charge is 0.339 e. The van der Waals surface area contributed by atoms with Crippen LogP contribution in [0.1, 0.15) is 5.56 Å². The van der Waals surface area contributed by atoms with Crippen molar-refractivity contribution in [3.8, 4) is 0 Å². The fraction of sp³-hybridized carbons (Fsp3) is 0.316. The number of carbonyl (C=O) groups excluding carboxylic acids is 1. The first kappa shape index (κ1) is 17.7. The molecule has 0 radical (unpaired) electrons. The number of fused-ring (bicyclic) bond motifs is 1. The van der Waals surface area contributed by atoms with Crippen LogP contribution < -0.4 is 11.2 Å². The topological polar surface area (TPSA) is 78.4 Å². The Kier molecular flexibility index (Phi) is 4.91. The molecule has 1 N–H and O–H groups in total. The van der Waals surface area contributed by atoms with E-state index in [0.717, 1.165) is 24.2 Å². The van der Waals surface area contributed by atoms with Gasteiger partial charge in [0.05, 0.1) is 10.9 Å². The average molecular weight is 384 g/mol. The normalized spacial score (nSPS) is 15.3. The molecule has 1 fully saturated rings. The Hall–Kier alpha value is -2.71. The fourth-order valence-corrected chi connectivity index (χ4v) is 4.03. The van der Waals surface area contributed by atoms with Crippen molar-refractivity contribution in [3.05, 3.63) is 67.5 Å². The second-order valence-corrected chi connectivity index (χ2v) is 7.44. The van der Waals surface area contributed by atoms with Crippen LogP contribution in [0.4, 0.5) is 0 Å². The molecule has 8 heteroatoms. The number of benzene rings is 1. The minimum atomic E-state index is -0.553. The summed E-state index contributed by atoms with van der Waals surface area (Å²) in [5.41, 5.74) is 0.786. The fourth-order valence-electron chi connectivity index (χ4n) is 3.37. The summed E-state index contributed by atoms with van der Waals surface area (Å²) in [7, 11) is 0. The Balaban J connectivity index is 1.44. The summed E-state index contributed by atoms with van der Waals surface area (Å²) in [5.74, 6) is -0.201. The number of para-hydroxylation sites is 1. The van der Waals surface area contributed by atoms with Gasteiger partial charge in [-0.1, -0.05) is 12.1 Å². The number of rotatable bonds is 4. The number of aromatic amines is 1. The van der Waals surface area contributed by atoms with E-state index in [4.69, 9.17) is 0 Å². The lowest BCUT2D eigenvalue weighted by molar-refractivity contribution is -0.133. The van der Waals surface area contributed by atoms with E-state index >= 15 is 0 Å². The van der Waals surface area contributed by atoms with Crippen LogP contribution in [0.15, 0.2) is 50.7 Å². The molecule has 0 aliphatic carbocycles. The quantitative estimate of drug-likeness (QED) is 0.731. The third-order valence-corrected chi connectivity index (χ3v) is 5.63. The highest BCUT2D eigenvalue weighted by Gasteiger charge is 2.22. The molecular formula is C19H20N4O3S. The van der Waals surface area contributed by atoms with E-state index in [1.54, 1.807) is 40.5 Å². The Morgan fingerprint density at radius 2 is 1.85 bits per heavy atom. The lowest BCUT2D eigenvalue weighted by atomic mass is 10.2. The lowest BCUT2D eigenvalue weighted by Gasteiger charge is -2.34. The monoisotopic (exact) mass is 384 g/mol. The highest BCUT2D eigenvalue weighted by Crippen LogP contribution is 2.12. The SMILES string of the molecule is O=C(Cn1c(=O)[nH]c2ccccc2c1=O)N1CCN(Cc2ccsc2)CC1. The number of nitrogens with one attached hydrogen (secondary N) is 1. The van der Waals surface area contributed by atoms with Gasteiger partial charge in [-0.25, -0.2) is 4.79 Å². The van der Waals surface area contributed by atoms with Crippen LogP contribution in [0.5, 0.6) is 0 Å². The zero-order valence-electron chi connectivity index (χ0n) is 14.8. The van der Waals surface area contributed by atoms with Crippen molar-refractivity contribution < 1.29 is 4.79 Å².